The predicted molar refractivity (Wildman–Crippen MR) is 112 cm³/mol. The highest BCUT2D eigenvalue weighted by Crippen LogP contribution is 2.25. The molecule has 0 fully saturated rings. The number of rotatable bonds is 2. The fourth-order valence-corrected chi connectivity index (χ4v) is 2.94. The van der Waals surface area contributed by atoms with Crippen LogP contribution in [0.25, 0.3) is 22.5 Å². The number of benzene rings is 3. The van der Waals surface area contributed by atoms with Crippen molar-refractivity contribution in [3.05, 3.63) is 114 Å². The van der Waals surface area contributed by atoms with Crippen molar-refractivity contribution in [3.63, 3.8) is 0 Å². The van der Waals surface area contributed by atoms with Crippen molar-refractivity contribution in [3.8, 4) is 40.4 Å². The standard InChI is InChI=1S/C26H16N2/c27-19-21-14-17-23(18-15-21)25-11-6-12-26(28-25)24-10-5-4-9-22(24)16-13-20-7-2-1-3-8-20/h1-12,14-15,17-18H. The van der Waals surface area contributed by atoms with Gasteiger partial charge in [0, 0.05) is 22.3 Å². The minimum absolute atomic E-state index is 0.640. The fraction of sp³-hybridized carbons (Fsp3) is 0. The van der Waals surface area contributed by atoms with E-state index in [0.717, 1.165) is 33.6 Å². The lowest BCUT2D eigenvalue weighted by atomic mass is 10.0. The normalized spacial score (nSPS) is 9.82. The highest BCUT2D eigenvalue weighted by Gasteiger charge is 2.07. The molecule has 4 rings (SSSR count). The Balaban J connectivity index is 1.72. The van der Waals surface area contributed by atoms with Crippen LogP contribution in [0.5, 0.6) is 0 Å². The predicted octanol–water partition coefficient (Wildman–Crippen LogP) is 5.69. The minimum atomic E-state index is 0.640. The Morgan fingerprint density at radius 3 is 2.07 bits per heavy atom. The van der Waals surface area contributed by atoms with Gasteiger partial charge in [0.15, 0.2) is 0 Å². The molecule has 0 saturated heterocycles. The number of hydrogen-bond acceptors (Lipinski definition) is 2. The van der Waals surface area contributed by atoms with E-state index >= 15 is 0 Å². The van der Waals surface area contributed by atoms with Crippen LogP contribution in [-0.2, 0) is 0 Å². The highest BCUT2D eigenvalue weighted by molar-refractivity contribution is 5.71. The smallest absolute Gasteiger partial charge is 0.0991 e. The third-order valence-electron chi connectivity index (χ3n) is 4.38. The van der Waals surface area contributed by atoms with E-state index in [1.54, 1.807) is 0 Å². The molecule has 0 amide bonds. The number of hydrogen-bond donors (Lipinski definition) is 0. The van der Waals surface area contributed by atoms with Gasteiger partial charge in [-0.2, -0.15) is 5.26 Å². The Bertz CT molecular complexity index is 1210. The molecule has 1 aromatic heterocycles. The summed E-state index contributed by atoms with van der Waals surface area (Å²) in [6, 6.07) is 33.6. The second-order valence-corrected chi connectivity index (χ2v) is 6.26. The van der Waals surface area contributed by atoms with Gasteiger partial charge in [0.25, 0.3) is 0 Å². The van der Waals surface area contributed by atoms with Crippen LogP contribution in [-0.4, -0.2) is 4.98 Å². The molecule has 2 heteroatoms. The Hall–Kier alpha value is -4.14. The second kappa shape index (κ2) is 8.04. The minimum Gasteiger partial charge on any atom is -0.248 e. The summed E-state index contributed by atoms with van der Waals surface area (Å²) in [7, 11) is 0. The quantitative estimate of drug-likeness (QED) is 0.433. The van der Waals surface area contributed by atoms with Crippen LogP contribution in [0.4, 0.5) is 0 Å². The van der Waals surface area contributed by atoms with Crippen LogP contribution < -0.4 is 0 Å². The maximum absolute atomic E-state index is 8.98. The summed E-state index contributed by atoms with van der Waals surface area (Å²) in [6.07, 6.45) is 0. The second-order valence-electron chi connectivity index (χ2n) is 6.26. The van der Waals surface area contributed by atoms with Gasteiger partial charge in [-0.25, -0.2) is 4.98 Å². The molecule has 0 N–H and O–H groups in total. The summed E-state index contributed by atoms with van der Waals surface area (Å²) < 4.78 is 0. The number of pyridine rings is 1. The molecule has 0 bridgehead atoms. The average molecular weight is 356 g/mol. The molecule has 2 nitrogen and oxygen atoms in total. The lowest BCUT2D eigenvalue weighted by molar-refractivity contribution is 1.32. The summed E-state index contributed by atoms with van der Waals surface area (Å²) >= 11 is 0. The van der Waals surface area contributed by atoms with Gasteiger partial charge in [-0.3, -0.25) is 0 Å². The van der Waals surface area contributed by atoms with Gasteiger partial charge in [0.05, 0.1) is 23.0 Å². The van der Waals surface area contributed by atoms with Crippen molar-refractivity contribution in [2.45, 2.75) is 0 Å². The average Bonchev–Trinajstić information content (AvgIpc) is 2.79. The number of nitrogens with zero attached hydrogens (tertiary/aromatic N) is 2. The van der Waals surface area contributed by atoms with Gasteiger partial charge >= 0.3 is 0 Å². The Kier molecular flexibility index (Phi) is 4.96. The van der Waals surface area contributed by atoms with E-state index in [-0.39, 0.29) is 0 Å². The molecule has 0 aliphatic rings. The maximum atomic E-state index is 8.98. The van der Waals surface area contributed by atoms with Crippen molar-refractivity contribution < 1.29 is 0 Å². The third kappa shape index (κ3) is 3.83. The topological polar surface area (TPSA) is 36.7 Å². The van der Waals surface area contributed by atoms with Crippen LogP contribution in [0.2, 0.25) is 0 Å². The summed E-state index contributed by atoms with van der Waals surface area (Å²) in [5.74, 6) is 6.50. The summed E-state index contributed by atoms with van der Waals surface area (Å²) in [5, 5.41) is 8.98. The fourth-order valence-electron chi connectivity index (χ4n) is 2.94. The molecule has 28 heavy (non-hydrogen) atoms. The van der Waals surface area contributed by atoms with Crippen molar-refractivity contribution in [1.29, 1.82) is 5.26 Å². The zero-order valence-electron chi connectivity index (χ0n) is 15.1. The molecule has 0 spiro atoms. The van der Waals surface area contributed by atoms with Crippen molar-refractivity contribution >= 4 is 0 Å². The van der Waals surface area contributed by atoms with E-state index < -0.39 is 0 Å². The Morgan fingerprint density at radius 1 is 0.571 bits per heavy atom. The van der Waals surface area contributed by atoms with E-state index in [2.05, 4.69) is 17.9 Å². The lowest BCUT2D eigenvalue weighted by Gasteiger charge is -2.07. The molecule has 1 heterocycles. The molecular formula is C26H16N2. The first-order valence-electron chi connectivity index (χ1n) is 8.97. The molecule has 4 aromatic rings. The van der Waals surface area contributed by atoms with E-state index in [4.69, 9.17) is 10.2 Å². The summed E-state index contributed by atoms with van der Waals surface area (Å²) in [4.78, 5) is 4.83. The first kappa shape index (κ1) is 17.3. The molecule has 0 aliphatic heterocycles. The van der Waals surface area contributed by atoms with Gasteiger partial charge in [-0.15, -0.1) is 0 Å². The molecule has 0 saturated carbocycles. The molecule has 0 atom stereocenters. The Morgan fingerprint density at radius 2 is 1.29 bits per heavy atom. The van der Waals surface area contributed by atoms with Crippen LogP contribution in [0, 0.1) is 23.2 Å². The number of nitriles is 1. The van der Waals surface area contributed by atoms with Gasteiger partial charge in [-0.05, 0) is 42.5 Å². The number of aromatic nitrogens is 1. The lowest BCUT2D eigenvalue weighted by Crippen LogP contribution is -1.91. The molecule has 0 aliphatic carbocycles. The zero-order valence-corrected chi connectivity index (χ0v) is 15.1. The van der Waals surface area contributed by atoms with Gasteiger partial charge in [0.1, 0.15) is 0 Å². The third-order valence-corrected chi connectivity index (χ3v) is 4.38. The van der Waals surface area contributed by atoms with Gasteiger partial charge in [-0.1, -0.05) is 66.4 Å². The SMILES string of the molecule is N#Cc1ccc(-c2cccc(-c3ccccc3C#Cc3ccccc3)n2)cc1. The van der Waals surface area contributed by atoms with Crippen LogP contribution in [0.1, 0.15) is 16.7 Å². The Labute approximate surface area is 164 Å². The first-order valence-corrected chi connectivity index (χ1v) is 8.97. The molecule has 0 radical (unpaired) electrons. The monoisotopic (exact) mass is 356 g/mol. The van der Waals surface area contributed by atoms with E-state index in [1.165, 1.54) is 0 Å². The zero-order chi connectivity index (χ0) is 19.2. The van der Waals surface area contributed by atoms with E-state index in [9.17, 15) is 0 Å². The molecule has 130 valence electrons. The first-order chi connectivity index (χ1) is 13.8. The largest absolute Gasteiger partial charge is 0.248 e. The van der Waals surface area contributed by atoms with Gasteiger partial charge in [0.2, 0.25) is 0 Å². The van der Waals surface area contributed by atoms with Crippen molar-refractivity contribution in [2.75, 3.05) is 0 Å². The highest BCUT2D eigenvalue weighted by atomic mass is 14.7. The van der Waals surface area contributed by atoms with E-state index in [1.807, 2.05) is 97.1 Å². The van der Waals surface area contributed by atoms with Crippen molar-refractivity contribution in [2.24, 2.45) is 0 Å². The van der Waals surface area contributed by atoms with Crippen LogP contribution >= 0.6 is 0 Å². The summed E-state index contributed by atoms with van der Waals surface area (Å²) in [5.41, 5.74) is 6.29. The molecule has 0 unspecified atom stereocenters. The van der Waals surface area contributed by atoms with E-state index in [0.29, 0.717) is 5.56 Å². The maximum Gasteiger partial charge on any atom is 0.0991 e. The van der Waals surface area contributed by atoms with Crippen LogP contribution in [0.3, 0.4) is 0 Å². The van der Waals surface area contributed by atoms with Crippen LogP contribution in [0.15, 0.2) is 97.1 Å². The molecular weight excluding hydrogens is 340 g/mol. The summed E-state index contributed by atoms with van der Waals surface area (Å²) in [6.45, 7) is 0. The molecule has 3 aromatic carbocycles. The van der Waals surface area contributed by atoms with Crippen molar-refractivity contribution in [1.82, 2.24) is 4.98 Å². The van der Waals surface area contributed by atoms with Gasteiger partial charge < -0.3 is 0 Å².